The lowest BCUT2D eigenvalue weighted by Gasteiger charge is -2.18. The van der Waals surface area contributed by atoms with Crippen LogP contribution in [0.2, 0.25) is 0 Å². The zero-order valence-corrected chi connectivity index (χ0v) is 16.8. The van der Waals surface area contributed by atoms with E-state index in [1.54, 1.807) is 0 Å². The number of aromatic nitrogens is 5. The summed E-state index contributed by atoms with van der Waals surface area (Å²) in [5, 5.41) is 5.73. The molecule has 2 aliphatic rings. The van der Waals surface area contributed by atoms with Gasteiger partial charge in [0.1, 0.15) is 23.4 Å². The number of amides is 1. The molecule has 9 heteroatoms. The highest BCUT2D eigenvalue weighted by Gasteiger charge is 2.43. The maximum atomic E-state index is 12.0. The smallest absolute Gasteiger partial charge is 0.245 e. The first-order valence-corrected chi connectivity index (χ1v) is 10.4. The first kappa shape index (κ1) is 18.1. The van der Waals surface area contributed by atoms with Crippen LogP contribution in [-0.4, -0.2) is 48.6 Å². The van der Waals surface area contributed by atoms with Gasteiger partial charge >= 0.3 is 0 Å². The van der Waals surface area contributed by atoms with Gasteiger partial charge in [-0.3, -0.25) is 4.79 Å². The summed E-state index contributed by atoms with van der Waals surface area (Å²) in [4.78, 5) is 26.9. The Labute approximate surface area is 177 Å². The minimum atomic E-state index is 0.0153. The Kier molecular flexibility index (Phi) is 3.86. The average molecular weight is 415 g/mol. The number of nitrogens with zero attached hydrogens (tertiary/aromatic N) is 6. The molecule has 1 amide bonds. The van der Waals surface area contributed by atoms with Crippen molar-refractivity contribution in [2.45, 2.75) is 18.9 Å². The Morgan fingerprint density at radius 1 is 1.19 bits per heavy atom. The molecule has 1 aliphatic heterocycles. The molecule has 1 aliphatic carbocycles. The quantitative estimate of drug-likeness (QED) is 0.512. The van der Waals surface area contributed by atoms with Crippen molar-refractivity contribution in [2.24, 2.45) is 11.8 Å². The molecule has 0 radical (unpaired) electrons. The Bertz CT molecular complexity index is 1330. The summed E-state index contributed by atoms with van der Waals surface area (Å²) >= 11 is 0. The van der Waals surface area contributed by atoms with Gasteiger partial charge in [0.25, 0.3) is 0 Å². The summed E-state index contributed by atoms with van der Waals surface area (Å²) < 4.78 is 7.37. The van der Waals surface area contributed by atoms with Crippen LogP contribution in [-0.2, 0) is 4.79 Å². The van der Waals surface area contributed by atoms with Crippen LogP contribution in [0.5, 0.6) is 0 Å². The van der Waals surface area contributed by atoms with E-state index in [1.807, 2.05) is 27.8 Å². The normalized spacial score (nSPS) is 23.0. The van der Waals surface area contributed by atoms with Gasteiger partial charge < -0.3 is 15.1 Å². The van der Waals surface area contributed by atoms with Crippen LogP contribution < -0.4 is 5.73 Å². The van der Waals surface area contributed by atoms with Crippen LogP contribution in [0.1, 0.15) is 18.9 Å². The van der Waals surface area contributed by atoms with Gasteiger partial charge in [0.05, 0.1) is 11.4 Å². The van der Waals surface area contributed by atoms with Crippen LogP contribution in [0.15, 0.2) is 48.0 Å². The number of likely N-dealkylation sites (tertiary alicyclic amines) is 1. The molecule has 4 aromatic rings. The highest BCUT2D eigenvalue weighted by Crippen LogP contribution is 2.45. The Morgan fingerprint density at radius 2 is 2.00 bits per heavy atom. The van der Waals surface area contributed by atoms with E-state index in [0.29, 0.717) is 17.7 Å². The number of hydrogen-bond donors (Lipinski definition) is 1. The number of carbonyl (C=O) groups excluding carboxylic acids is 1. The molecule has 1 saturated heterocycles. The molecule has 1 aromatic carbocycles. The topological polar surface area (TPSA) is 116 Å². The third-order valence-corrected chi connectivity index (χ3v) is 6.68. The summed E-state index contributed by atoms with van der Waals surface area (Å²) in [7, 11) is 0. The molecule has 31 heavy (non-hydrogen) atoms. The Morgan fingerprint density at radius 3 is 2.77 bits per heavy atom. The molecule has 9 nitrogen and oxygen atoms in total. The van der Waals surface area contributed by atoms with Crippen LogP contribution in [0.25, 0.3) is 33.4 Å². The number of fused-ring (bicyclic) bond motifs is 3. The molecular weight excluding hydrogens is 394 g/mol. The number of anilines is 1. The lowest BCUT2D eigenvalue weighted by Crippen LogP contribution is -2.28. The number of oxazole rings is 1. The van der Waals surface area contributed by atoms with Crippen molar-refractivity contribution in [3.63, 3.8) is 0 Å². The van der Waals surface area contributed by atoms with Crippen molar-refractivity contribution < 1.29 is 9.21 Å². The van der Waals surface area contributed by atoms with Crippen molar-refractivity contribution in [1.29, 1.82) is 0 Å². The first-order valence-electron chi connectivity index (χ1n) is 10.4. The summed E-state index contributed by atoms with van der Waals surface area (Å²) in [6.45, 7) is 5.16. The second kappa shape index (κ2) is 6.63. The highest BCUT2D eigenvalue weighted by molar-refractivity contribution is 5.99. The minimum absolute atomic E-state index is 0.0153. The van der Waals surface area contributed by atoms with E-state index < -0.39 is 0 Å². The second-order valence-electron chi connectivity index (χ2n) is 8.38. The van der Waals surface area contributed by atoms with Crippen molar-refractivity contribution in [1.82, 2.24) is 29.6 Å². The highest BCUT2D eigenvalue weighted by atomic mass is 16.3. The third kappa shape index (κ3) is 2.73. The van der Waals surface area contributed by atoms with Crippen LogP contribution in [0, 0.1) is 11.8 Å². The van der Waals surface area contributed by atoms with Gasteiger partial charge in [-0.1, -0.05) is 6.58 Å². The molecule has 2 N–H and O–H groups in total. The van der Waals surface area contributed by atoms with Gasteiger partial charge in [-0.05, 0) is 49.0 Å². The number of rotatable bonds is 3. The van der Waals surface area contributed by atoms with E-state index in [2.05, 4.69) is 21.5 Å². The minimum Gasteiger partial charge on any atom is -0.443 e. The fraction of sp³-hybridized carbons (Fsp3) is 0.318. The predicted octanol–water partition coefficient (Wildman–Crippen LogP) is 2.81. The van der Waals surface area contributed by atoms with Gasteiger partial charge in [0.2, 0.25) is 5.91 Å². The fourth-order valence-corrected chi connectivity index (χ4v) is 5.23. The summed E-state index contributed by atoms with van der Waals surface area (Å²) in [5.74, 6) is 1.35. The number of nitrogen functional groups attached to an aromatic ring is 1. The van der Waals surface area contributed by atoms with E-state index in [0.717, 1.165) is 59.3 Å². The number of carbonyl (C=O) groups is 1. The molecule has 0 bridgehead atoms. The Balaban J connectivity index is 1.39. The maximum Gasteiger partial charge on any atom is 0.245 e. The third-order valence-electron chi connectivity index (χ3n) is 6.68. The van der Waals surface area contributed by atoms with Gasteiger partial charge in [0.15, 0.2) is 17.6 Å². The Hall–Kier alpha value is -3.75. The molecule has 156 valence electrons. The molecule has 3 aromatic heterocycles. The van der Waals surface area contributed by atoms with Crippen molar-refractivity contribution in [3.8, 4) is 11.3 Å². The van der Waals surface area contributed by atoms with E-state index >= 15 is 0 Å². The summed E-state index contributed by atoms with van der Waals surface area (Å²) in [5.41, 5.74) is 10.1. The molecule has 2 fully saturated rings. The first-order chi connectivity index (χ1) is 15.1. The monoisotopic (exact) mass is 415 g/mol. The number of benzene rings is 1. The SMILES string of the molecule is C=CC(=O)N1CC2CC(n3nc(-c4ccc5ocnc5c4)c4c(N)ncnc43)CC2C1. The van der Waals surface area contributed by atoms with Crippen LogP contribution in [0.4, 0.5) is 5.82 Å². The standard InChI is InChI=1S/C22H21N7O2/c1-2-18(30)28-8-13-5-15(6-14(13)9-28)29-22-19(21(23)24-10-25-22)20(27-29)12-3-4-17-16(7-12)26-11-31-17/h2-4,7,10-11,13-15H,1,5-6,8-9H2,(H2,23,24,25). The summed E-state index contributed by atoms with van der Waals surface area (Å²) in [6.07, 6.45) is 6.22. The largest absolute Gasteiger partial charge is 0.443 e. The second-order valence-corrected chi connectivity index (χ2v) is 8.38. The molecule has 0 spiro atoms. The molecule has 1 saturated carbocycles. The van der Waals surface area contributed by atoms with Crippen LogP contribution in [0.3, 0.4) is 0 Å². The van der Waals surface area contributed by atoms with Crippen molar-refractivity contribution in [3.05, 3.63) is 43.6 Å². The van der Waals surface area contributed by atoms with Gasteiger partial charge in [-0.15, -0.1) is 0 Å². The predicted molar refractivity (Wildman–Crippen MR) is 115 cm³/mol. The fourth-order valence-electron chi connectivity index (χ4n) is 5.23. The molecule has 6 rings (SSSR count). The molecule has 2 unspecified atom stereocenters. The molecule has 2 atom stereocenters. The van der Waals surface area contributed by atoms with E-state index in [1.165, 1.54) is 18.8 Å². The van der Waals surface area contributed by atoms with E-state index in [-0.39, 0.29) is 11.9 Å². The lowest BCUT2D eigenvalue weighted by molar-refractivity contribution is -0.125. The summed E-state index contributed by atoms with van der Waals surface area (Å²) in [6, 6.07) is 5.99. The van der Waals surface area contributed by atoms with Gasteiger partial charge in [0, 0.05) is 18.7 Å². The lowest BCUT2D eigenvalue weighted by atomic mass is 10.0. The average Bonchev–Trinajstić information content (AvgIpc) is 3.53. The molecule has 4 heterocycles. The zero-order valence-electron chi connectivity index (χ0n) is 16.8. The van der Waals surface area contributed by atoms with E-state index in [9.17, 15) is 4.79 Å². The van der Waals surface area contributed by atoms with Gasteiger partial charge in [-0.2, -0.15) is 5.10 Å². The molecular formula is C22H21N7O2. The number of nitrogens with two attached hydrogens (primary N) is 1. The van der Waals surface area contributed by atoms with Crippen molar-refractivity contribution in [2.75, 3.05) is 18.8 Å². The van der Waals surface area contributed by atoms with Crippen LogP contribution >= 0.6 is 0 Å². The van der Waals surface area contributed by atoms with Crippen molar-refractivity contribution >= 4 is 33.9 Å². The maximum absolute atomic E-state index is 12.0. The van der Waals surface area contributed by atoms with Gasteiger partial charge in [-0.25, -0.2) is 19.6 Å². The zero-order chi connectivity index (χ0) is 21.1. The van der Waals surface area contributed by atoms with E-state index in [4.69, 9.17) is 15.2 Å². The number of hydrogen-bond acceptors (Lipinski definition) is 7.